The number of benzene rings is 1. The molecule has 0 saturated carbocycles. The molecule has 3 N–H and O–H groups in total. The monoisotopic (exact) mass is 348 g/mol. The summed E-state index contributed by atoms with van der Waals surface area (Å²) in [4.78, 5) is 22.2. The number of halogens is 1. The van der Waals surface area contributed by atoms with Gasteiger partial charge >= 0.3 is 12.0 Å². The summed E-state index contributed by atoms with van der Waals surface area (Å²) in [5, 5.41) is 2.36. The summed E-state index contributed by atoms with van der Waals surface area (Å²) >= 11 is 2.19. The fraction of sp³-hybridized carbons (Fsp3) is 0.273. The molecule has 0 aliphatic heterocycles. The van der Waals surface area contributed by atoms with Gasteiger partial charge in [-0.1, -0.05) is 12.1 Å². The van der Waals surface area contributed by atoms with E-state index in [9.17, 15) is 9.59 Å². The number of hydrogen-bond acceptors (Lipinski definition) is 3. The van der Waals surface area contributed by atoms with Gasteiger partial charge in [-0.2, -0.15) is 0 Å². The van der Waals surface area contributed by atoms with Crippen LogP contribution in [-0.4, -0.2) is 25.2 Å². The molecule has 6 heteroatoms. The first-order valence-corrected chi connectivity index (χ1v) is 5.99. The topological polar surface area (TPSA) is 81.4 Å². The van der Waals surface area contributed by atoms with E-state index in [0.717, 1.165) is 9.13 Å². The van der Waals surface area contributed by atoms with Crippen LogP contribution in [0.2, 0.25) is 0 Å². The van der Waals surface area contributed by atoms with Crippen LogP contribution in [0, 0.1) is 3.57 Å². The van der Waals surface area contributed by atoms with Crippen molar-refractivity contribution in [2.24, 2.45) is 5.73 Å². The van der Waals surface area contributed by atoms with Crippen molar-refractivity contribution in [1.82, 2.24) is 5.32 Å². The molecule has 0 aromatic heterocycles. The Morgan fingerprint density at radius 2 is 2.00 bits per heavy atom. The molecular formula is C11H13IN2O3. The van der Waals surface area contributed by atoms with Gasteiger partial charge in [0.2, 0.25) is 0 Å². The van der Waals surface area contributed by atoms with E-state index in [1.807, 2.05) is 24.3 Å². The lowest BCUT2D eigenvalue weighted by atomic mass is 10.1. The van der Waals surface area contributed by atoms with Gasteiger partial charge in [0.25, 0.3) is 0 Å². The Morgan fingerprint density at radius 1 is 1.41 bits per heavy atom. The van der Waals surface area contributed by atoms with Gasteiger partial charge in [-0.25, -0.2) is 9.59 Å². The van der Waals surface area contributed by atoms with Gasteiger partial charge in [0.05, 0.1) is 7.11 Å². The Hall–Kier alpha value is -1.31. The third-order valence-corrected chi connectivity index (χ3v) is 2.87. The first-order chi connectivity index (χ1) is 8.02. The van der Waals surface area contributed by atoms with Crippen molar-refractivity contribution in [1.29, 1.82) is 0 Å². The molecule has 0 spiro atoms. The van der Waals surface area contributed by atoms with E-state index in [4.69, 9.17) is 5.73 Å². The number of carbonyl (C=O) groups is 2. The van der Waals surface area contributed by atoms with Gasteiger partial charge in [0.15, 0.2) is 0 Å². The second-order valence-electron chi connectivity index (χ2n) is 3.41. The van der Waals surface area contributed by atoms with Gasteiger partial charge in [0, 0.05) is 9.99 Å². The summed E-state index contributed by atoms with van der Waals surface area (Å²) in [6, 6.07) is 6.13. The van der Waals surface area contributed by atoms with Crippen LogP contribution in [0.15, 0.2) is 24.3 Å². The fourth-order valence-electron chi connectivity index (χ4n) is 1.36. The van der Waals surface area contributed by atoms with Crippen LogP contribution < -0.4 is 11.1 Å². The third kappa shape index (κ3) is 4.59. The second kappa shape index (κ2) is 6.43. The Kier molecular flexibility index (Phi) is 5.20. The van der Waals surface area contributed by atoms with Crippen molar-refractivity contribution >= 4 is 34.6 Å². The molecule has 0 heterocycles. The van der Waals surface area contributed by atoms with Gasteiger partial charge in [0.1, 0.15) is 6.04 Å². The number of carbonyl (C=O) groups excluding carboxylic acids is 2. The smallest absolute Gasteiger partial charge is 0.328 e. The van der Waals surface area contributed by atoms with Crippen molar-refractivity contribution in [3.63, 3.8) is 0 Å². The van der Waals surface area contributed by atoms with Crippen molar-refractivity contribution in [3.8, 4) is 0 Å². The summed E-state index contributed by atoms with van der Waals surface area (Å²) < 4.78 is 5.70. The molecule has 1 aromatic carbocycles. The quantitative estimate of drug-likeness (QED) is 0.630. The number of methoxy groups -OCH3 is 1. The van der Waals surface area contributed by atoms with Gasteiger partial charge < -0.3 is 15.8 Å². The summed E-state index contributed by atoms with van der Waals surface area (Å²) in [5.74, 6) is -0.512. The Bertz CT molecular complexity index is 406. The highest BCUT2D eigenvalue weighted by atomic mass is 127. The number of rotatable bonds is 4. The van der Waals surface area contributed by atoms with Crippen LogP contribution in [0.25, 0.3) is 0 Å². The van der Waals surface area contributed by atoms with Crippen LogP contribution in [-0.2, 0) is 16.0 Å². The predicted molar refractivity (Wildman–Crippen MR) is 71.4 cm³/mol. The zero-order chi connectivity index (χ0) is 12.8. The highest BCUT2D eigenvalue weighted by Crippen LogP contribution is 2.09. The van der Waals surface area contributed by atoms with Crippen LogP contribution in [0.3, 0.4) is 0 Å². The molecule has 2 amide bonds. The SMILES string of the molecule is COC(=O)[C@H](Cc1ccc(I)cc1)NC(N)=O. The van der Waals surface area contributed by atoms with Crippen molar-refractivity contribution in [2.45, 2.75) is 12.5 Å². The highest BCUT2D eigenvalue weighted by molar-refractivity contribution is 14.1. The average Bonchev–Trinajstić information content (AvgIpc) is 2.29. The lowest BCUT2D eigenvalue weighted by Crippen LogP contribution is -2.45. The molecule has 0 aliphatic carbocycles. The molecule has 0 radical (unpaired) electrons. The Labute approximate surface area is 113 Å². The number of nitrogens with one attached hydrogen (secondary N) is 1. The van der Waals surface area contributed by atoms with Crippen molar-refractivity contribution in [3.05, 3.63) is 33.4 Å². The van der Waals surface area contributed by atoms with Crippen LogP contribution in [0.4, 0.5) is 4.79 Å². The molecular weight excluding hydrogens is 335 g/mol. The molecule has 1 aromatic rings. The van der Waals surface area contributed by atoms with Crippen LogP contribution >= 0.6 is 22.6 Å². The summed E-state index contributed by atoms with van der Waals surface area (Å²) in [6.07, 6.45) is 0.354. The standard InChI is InChI=1S/C11H13IN2O3/c1-17-10(15)9(14-11(13)16)6-7-2-4-8(12)5-3-7/h2-5,9H,6H2,1H3,(H3,13,14,16)/t9-/m0/s1. The predicted octanol–water partition coefficient (Wildman–Crippen LogP) is 1.04. The number of primary amides is 1. The molecule has 0 saturated heterocycles. The fourth-order valence-corrected chi connectivity index (χ4v) is 1.72. The van der Waals surface area contributed by atoms with Crippen LogP contribution in [0.1, 0.15) is 5.56 Å². The zero-order valence-electron chi connectivity index (χ0n) is 9.27. The van der Waals surface area contributed by atoms with Gasteiger partial charge in [-0.15, -0.1) is 0 Å². The molecule has 0 unspecified atom stereocenters. The van der Waals surface area contributed by atoms with E-state index in [-0.39, 0.29) is 0 Å². The molecule has 17 heavy (non-hydrogen) atoms. The van der Waals surface area contributed by atoms with E-state index < -0.39 is 18.0 Å². The Balaban J connectivity index is 2.75. The molecule has 5 nitrogen and oxygen atoms in total. The molecule has 0 aliphatic rings. The normalized spacial score (nSPS) is 11.6. The maximum Gasteiger partial charge on any atom is 0.328 e. The van der Waals surface area contributed by atoms with E-state index in [1.165, 1.54) is 7.11 Å². The number of ether oxygens (including phenoxy) is 1. The minimum Gasteiger partial charge on any atom is -0.467 e. The zero-order valence-corrected chi connectivity index (χ0v) is 11.4. The Morgan fingerprint density at radius 3 is 2.47 bits per heavy atom. The maximum absolute atomic E-state index is 11.4. The third-order valence-electron chi connectivity index (χ3n) is 2.16. The minimum absolute atomic E-state index is 0.354. The summed E-state index contributed by atoms with van der Waals surface area (Å²) in [5.41, 5.74) is 5.93. The number of esters is 1. The lowest BCUT2D eigenvalue weighted by Gasteiger charge is -2.15. The molecule has 0 bridgehead atoms. The average molecular weight is 348 g/mol. The molecule has 0 fully saturated rings. The summed E-state index contributed by atoms with van der Waals surface area (Å²) in [6.45, 7) is 0. The van der Waals surface area contributed by atoms with Gasteiger partial charge in [-0.05, 0) is 40.3 Å². The number of amides is 2. The molecule has 92 valence electrons. The van der Waals surface area contributed by atoms with Gasteiger partial charge in [-0.3, -0.25) is 0 Å². The van der Waals surface area contributed by atoms with E-state index in [0.29, 0.717) is 6.42 Å². The van der Waals surface area contributed by atoms with E-state index in [1.54, 1.807) is 0 Å². The second-order valence-corrected chi connectivity index (χ2v) is 4.66. The van der Waals surface area contributed by atoms with Crippen molar-refractivity contribution in [2.75, 3.05) is 7.11 Å². The number of hydrogen-bond donors (Lipinski definition) is 2. The highest BCUT2D eigenvalue weighted by Gasteiger charge is 2.20. The first-order valence-electron chi connectivity index (χ1n) is 4.91. The van der Waals surface area contributed by atoms with Crippen LogP contribution in [0.5, 0.6) is 0 Å². The van der Waals surface area contributed by atoms with Crippen molar-refractivity contribution < 1.29 is 14.3 Å². The minimum atomic E-state index is -0.752. The summed E-state index contributed by atoms with van der Waals surface area (Å²) in [7, 11) is 1.27. The van der Waals surface area contributed by atoms with E-state index in [2.05, 4.69) is 32.6 Å². The molecule has 1 atom stereocenters. The largest absolute Gasteiger partial charge is 0.467 e. The first kappa shape index (κ1) is 13.8. The lowest BCUT2D eigenvalue weighted by molar-refractivity contribution is -0.142. The molecule has 1 rings (SSSR count). The van der Waals surface area contributed by atoms with E-state index >= 15 is 0 Å². The number of urea groups is 1. The maximum atomic E-state index is 11.4. The number of nitrogens with two attached hydrogens (primary N) is 1.